The number of hydrogen-bond donors (Lipinski definition) is 2. The smallest absolute Gasteiger partial charge is 0.326 e. The maximum Gasteiger partial charge on any atom is 0.326 e. The fraction of sp³-hybridized carbons (Fsp3) is 0.529. The average Bonchev–Trinajstić information content (AvgIpc) is 2.44. The van der Waals surface area contributed by atoms with Crippen LogP contribution in [0.15, 0.2) is 24.3 Å². The van der Waals surface area contributed by atoms with Crippen molar-refractivity contribution in [3.8, 4) is 0 Å². The Kier molecular flexibility index (Phi) is 6.56. The van der Waals surface area contributed by atoms with Crippen molar-refractivity contribution in [1.29, 1.82) is 0 Å². The first kappa shape index (κ1) is 18.2. The van der Waals surface area contributed by atoms with Gasteiger partial charge < -0.3 is 15.2 Å². The van der Waals surface area contributed by atoms with Crippen LogP contribution in [0.5, 0.6) is 0 Å². The lowest BCUT2D eigenvalue weighted by Gasteiger charge is -2.21. The van der Waals surface area contributed by atoms with Gasteiger partial charge in [-0.25, -0.2) is 4.79 Å². The predicted molar refractivity (Wildman–Crippen MR) is 85.0 cm³/mol. The van der Waals surface area contributed by atoms with Crippen LogP contribution < -0.4 is 5.32 Å². The summed E-state index contributed by atoms with van der Waals surface area (Å²) < 4.78 is 5.53. The molecule has 0 saturated carbocycles. The normalized spacial score (nSPS) is 12.7. The van der Waals surface area contributed by atoms with Crippen LogP contribution in [0.4, 0.5) is 0 Å². The topological polar surface area (TPSA) is 75.6 Å². The van der Waals surface area contributed by atoms with E-state index in [-0.39, 0.29) is 24.5 Å². The van der Waals surface area contributed by atoms with E-state index in [1.807, 2.05) is 39.8 Å². The second-order valence-electron chi connectivity index (χ2n) is 6.12. The second kappa shape index (κ2) is 7.94. The highest BCUT2D eigenvalue weighted by atomic mass is 16.5. The summed E-state index contributed by atoms with van der Waals surface area (Å²) in [5.41, 5.74) is 1.09. The minimum absolute atomic E-state index is 0.229. The minimum Gasteiger partial charge on any atom is -0.480 e. The molecule has 0 bridgehead atoms. The van der Waals surface area contributed by atoms with E-state index in [1.54, 1.807) is 12.1 Å². The Morgan fingerprint density at radius 3 is 2.45 bits per heavy atom. The van der Waals surface area contributed by atoms with Gasteiger partial charge in [0.25, 0.3) is 5.91 Å². The maximum atomic E-state index is 12.3. The standard InChI is InChI=1S/C17H25NO4/c1-5-12-8-6-7-9-13(12)15(19)18-14(16(20)21)10-11-22-17(2,3)4/h6-9,14H,5,10-11H2,1-4H3,(H,18,19)(H,20,21). The van der Waals surface area contributed by atoms with Crippen LogP contribution in [0.1, 0.15) is 50.0 Å². The summed E-state index contributed by atoms with van der Waals surface area (Å²) >= 11 is 0. The molecule has 5 nitrogen and oxygen atoms in total. The number of carboxylic acids is 1. The van der Waals surface area contributed by atoms with Crippen molar-refractivity contribution in [1.82, 2.24) is 5.32 Å². The van der Waals surface area contributed by atoms with Gasteiger partial charge in [-0.05, 0) is 38.8 Å². The summed E-state index contributed by atoms with van der Waals surface area (Å²) in [5.74, 6) is -1.42. The van der Waals surface area contributed by atoms with Crippen molar-refractivity contribution < 1.29 is 19.4 Å². The molecule has 0 spiro atoms. The lowest BCUT2D eigenvalue weighted by molar-refractivity contribution is -0.140. The monoisotopic (exact) mass is 307 g/mol. The highest BCUT2D eigenvalue weighted by Crippen LogP contribution is 2.11. The Labute approximate surface area is 131 Å². The van der Waals surface area contributed by atoms with E-state index in [9.17, 15) is 14.7 Å². The lowest BCUT2D eigenvalue weighted by Crippen LogP contribution is -2.42. The van der Waals surface area contributed by atoms with E-state index in [0.717, 1.165) is 5.56 Å². The number of amides is 1. The van der Waals surface area contributed by atoms with E-state index in [0.29, 0.717) is 12.0 Å². The molecule has 0 aliphatic heterocycles. The molecule has 0 saturated heterocycles. The first-order valence-electron chi connectivity index (χ1n) is 7.50. The van der Waals surface area contributed by atoms with Crippen LogP contribution in [0, 0.1) is 0 Å². The van der Waals surface area contributed by atoms with Gasteiger partial charge in [0.15, 0.2) is 0 Å². The number of aliphatic carboxylic acids is 1. The molecule has 0 fully saturated rings. The molecule has 1 unspecified atom stereocenters. The van der Waals surface area contributed by atoms with Crippen LogP contribution in [0.2, 0.25) is 0 Å². The highest BCUT2D eigenvalue weighted by Gasteiger charge is 2.22. The van der Waals surface area contributed by atoms with Gasteiger partial charge in [0.05, 0.1) is 5.60 Å². The van der Waals surface area contributed by atoms with Gasteiger partial charge in [0.2, 0.25) is 0 Å². The molecule has 0 aliphatic carbocycles. The van der Waals surface area contributed by atoms with Gasteiger partial charge in [-0.3, -0.25) is 4.79 Å². The number of hydrogen-bond acceptors (Lipinski definition) is 3. The maximum absolute atomic E-state index is 12.3. The SMILES string of the molecule is CCc1ccccc1C(=O)NC(CCOC(C)(C)C)C(=O)O. The van der Waals surface area contributed by atoms with E-state index in [2.05, 4.69) is 5.32 Å². The van der Waals surface area contributed by atoms with Crippen LogP contribution in [-0.4, -0.2) is 35.2 Å². The van der Waals surface area contributed by atoms with E-state index in [1.165, 1.54) is 0 Å². The zero-order valence-corrected chi connectivity index (χ0v) is 13.7. The van der Waals surface area contributed by atoms with Gasteiger partial charge in [0.1, 0.15) is 6.04 Å². The van der Waals surface area contributed by atoms with Gasteiger partial charge in [-0.15, -0.1) is 0 Å². The quantitative estimate of drug-likeness (QED) is 0.812. The van der Waals surface area contributed by atoms with Crippen molar-refractivity contribution in [2.45, 2.75) is 52.2 Å². The molecule has 0 heterocycles. The van der Waals surface area contributed by atoms with Gasteiger partial charge in [0, 0.05) is 18.6 Å². The largest absolute Gasteiger partial charge is 0.480 e. The number of ether oxygens (including phenoxy) is 1. The number of carbonyl (C=O) groups excluding carboxylic acids is 1. The van der Waals surface area contributed by atoms with E-state index in [4.69, 9.17) is 4.74 Å². The molecule has 0 aliphatic rings. The molecular weight excluding hydrogens is 282 g/mol. The number of benzene rings is 1. The fourth-order valence-corrected chi connectivity index (χ4v) is 2.03. The van der Waals surface area contributed by atoms with Crippen molar-refractivity contribution in [3.05, 3.63) is 35.4 Å². The van der Waals surface area contributed by atoms with Crippen molar-refractivity contribution in [3.63, 3.8) is 0 Å². The Hall–Kier alpha value is -1.88. The average molecular weight is 307 g/mol. The third kappa shape index (κ3) is 5.85. The van der Waals surface area contributed by atoms with Gasteiger partial charge in [-0.1, -0.05) is 25.1 Å². The molecule has 0 aromatic heterocycles. The van der Waals surface area contributed by atoms with Crippen LogP contribution >= 0.6 is 0 Å². The second-order valence-corrected chi connectivity index (χ2v) is 6.12. The summed E-state index contributed by atoms with van der Waals surface area (Å²) in [4.78, 5) is 23.6. The summed E-state index contributed by atoms with van der Waals surface area (Å²) in [6, 6.07) is 6.25. The summed E-state index contributed by atoms with van der Waals surface area (Å²) in [7, 11) is 0. The zero-order valence-electron chi connectivity index (χ0n) is 13.7. The molecule has 122 valence electrons. The van der Waals surface area contributed by atoms with Crippen molar-refractivity contribution in [2.75, 3.05) is 6.61 Å². The molecular formula is C17H25NO4. The molecule has 1 amide bonds. The van der Waals surface area contributed by atoms with Gasteiger partial charge >= 0.3 is 5.97 Å². The van der Waals surface area contributed by atoms with E-state index < -0.39 is 12.0 Å². The minimum atomic E-state index is -1.06. The fourth-order valence-electron chi connectivity index (χ4n) is 2.03. The van der Waals surface area contributed by atoms with Gasteiger partial charge in [-0.2, -0.15) is 0 Å². The highest BCUT2D eigenvalue weighted by molar-refractivity contribution is 5.97. The Balaban J connectivity index is 2.70. The summed E-state index contributed by atoms with van der Waals surface area (Å²) in [5, 5.41) is 11.8. The molecule has 1 rings (SSSR count). The molecule has 1 aromatic carbocycles. The van der Waals surface area contributed by atoms with Crippen molar-refractivity contribution in [2.24, 2.45) is 0 Å². The van der Waals surface area contributed by atoms with Crippen LogP contribution in [-0.2, 0) is 16.0 Å². The number of aryl methyl sites for hydroxylation is 1. The third-order valence-electron chi connectivity index (χ3n) is 3.19. The predicted octanol–water partition coefficient (Wildman–Crippen LogP) is 2.64. The molecule has 1 atom stereocenters. The van der Waals surface area contributed by atoms with Crippen LogP contribution in [0.3, 0.4) is 0 Å². The molecule has 2 N–H and O–H groups in total. The van der Waals surface area contributed by atoms with E-state index >= 15 is 0 Å². The molecule has 1 aromatic rings. The molecule has 22 heavy (non-hydrogen) atoms. The van der Waals surface area contributed by atoms with Crippen LogP contribution in [0.25, 0.3) is 0 Å². The third-order valence-corrected chi connectivity index (χ3v) is 3.19. The Morgan fingerprint density at radius 1 is 1.27 bits per heavy atom. The van der Waals surface area contributed by atoms with Crippen molar-refractivity contribution >= 4 is 11.9 Å². The molecule has 0 radical (unpaired) electrons. The summed E-state index contributed by atoms with van der Waals surface area (Å²) in [6.07, 6.45) is 0.946. The lowest BCUT2D eigenvalue weighted by atomic mass is 10.0. The molecule has 5 heteroatoms. The number of carbonyl (C=O) groups is 2. The number of rotatable bonds is 7. The first-order chi connectivity index (χ1) is 10.2. The number of nitrogens with one attached hydrogen (secondary N) is 1. The Bertz CT molecular complexity index is 520. The summed E-state index contributed by atoms with van der Waals surface area (Å²) in [6.45, 7) is 7.94. The zero-order chi connectivity index (χ0) is 16.8. The number of carboxylic acid groups (broad SMARTS) is 1. The first-order valence-corrected chi connectivity index (χ1v) is 7.50. The Morgan fingerprint density at radius 2 is 1.91 bits per heavy atom.